The Kier molecular flexibility index (Phi) is 6.83. The first-order valence-electron chi connectivity index (χ1n) is 10.9. The van der Waals surface area contributed by atoms with E-state index < -0.39 is 0 Å². The molecule has 4 rings (SSSR count). The lowest BCUT2D eigenvalue weighted by Crippen LogP contribution is -2.30. The molecule has 0 fully saturated rings. The second kappa shape index (κ2) is 10.1. The highest BCUT2D eigenvalue weighted by molar-refractivity contribution is 5.97. The maximum atomic E-state index is 12.3. The molecule has 0 unspecified atom stereocenters. The molecule has 0 saturated heterocycles. The number of carbonyl (C=O) groups is 1. The van der Waals surface area contributed by atoms with E-state index in [4.69, 9.17) is 9.47 Å². The van der Waals surface area contributed by atoms with Gasteiger partial charge < -0.3 is 14.8 Å². The molecule has 0 aliphatic carbocycles. The van der Waals surface area contributed by atoms with Crippen LogP contribution >= 0.6 is 0 Å². The van der Waals surface area contributed by atoms with E-state index in [0.717, 1.165) is 50.9 Å². The van der Waals surface area contributed by atoms with Gasteiger partial charge in [0.15, 0.2) is 6.61 Å². The van der Waals surface area contributed by atoms with Crippen molar-refractivity contribution in [2.24, 2.45) is 0 Å². The summed E-state index contributed by atoms with van der Waals surface area (Å²) in [6, 6.07) is 21.9. The lowest BCUT2D eigenvalue weighted by atomic mass is 9.99. The second-order valence-electron chi connectivity index (χ2n) is 7.95. The SMILES string of the molecule is COc1ccc(CCNC(=O)COc2nnc(-c3cc(C)ccc3C)c3ccccc23)cc1. The zero-order chi connectivity index (χ0) is 23.2. The van der Waals surface area contributed by atoms with Crippen molar-refractivity contribution in [3.05, 3.63) is 83.4 Å². The predicted molar refractivity (Wildman–Crippen MR) is 130 cm³/mol. The van der Waals surface area contributed by atoms with E-state index in [0.29, 0.717) is 12.4 Å². The van der Waals surface area contributed by atoms with E-state index in [1.165, 1.54) is 0 Å². The molecule has 4 aromatic rings. The van der Waals surface area contributed by atoms with Crippen LogP contribution in [0.5, 0.6) is 11.6 Å². The molecule has 6 heteroatoms. The Morgan fingerprint density at radius 3 is 2.45 bits per heavy atom. The van der Waals surface area contributed by atoms with Gasteiger partial charge in [-0.1, -0.05) is 48.0 Å². The van der Waals surface area contributed by atoms with Crippen LogP contribution in [0.15, 0.2) is 66.7 Å². The van der Waals surface area contributed by atoms with Crippen LogP contribution in [0, 0.1) is 13.8 Å². The van der Waals surface area contributed by atoms with E-state index in [2.05, 4.69) is 47.6 Å². The molecular formula is C27H27N3O3. The highest BCUT2D eigenvalue weighted by Crippen LogP contribution is 2.32. The Hall–Kier alpha value is -3.93. The minimum absolute atomic E-state index is 0.121. The highest BCUT2D eigenvalue weighted by Gasteiger charge is 2.14. The summed E-state index contributed by atoms with van der Waals surface area (Å²) in [6.45, 7) is 4.52. The molecule has 1 aromatic heterocycles. The van der Waals surface area contributed by atoms with Crippen LogP contribution in [0.4, 0.5) is 0 Å². The van der Waals surface area contributed by atoms with E-state index in [-0.39, 0.29) is 12.5 Å². The maximum absolute atomic E-state index is 12.3. The van der Waals surface area contributed by atoms with Crippen LogP contribution < -0.4 is 14.8 Å². The quantitative estimate of drug-likeness (QED) is 0.431. The summed E-state index contributed by atoms with van der Waals surface area (Å²) < 4.78 is 10.9. The van der Waals surface area contributed by atoms with Crippen LogP contribution in [0.1, 0.15) is 16.7 Å². The molecule has 6 nitrogen and oxygen atoms in total. The largest absolute Gasteiger partial charge is 0.497 e. The summed E-state index contributed by atoms with van der Waals surface area (Å²) in [7, 11) is 1.64. The van der Waals surface area contributed by atoms with E-state index in [1.54, 1.807) is 7.11 Å². The molecule has 168 valence electrons. The molecule has 0 radical (unpaired) electrons. The summed E-state index contributed by atoms with van der Waals surface area (Å²) in [6.07, 6.45) is 0.725. The number of aromatic nitrogens is 2. The number of amides is 1. The van der Waals surface area contributed by atoms with Crippen LogP contribution in [-0.2, 0) is 11.2 Å². The number of hydrogen-bond acceptors (Lipinski definition) is 5. The van der Waals surface area contributed by atoms with Crippen molar-refractivity contribution in [1.82, 2.24) is 15.5 Å². The van der Waals surface area contributed by atoms with Gasteiger partial charge in [0.2, 0.25) is 5.88 Å². The molecular weight excluding hydrogens is 414 g/mol. The number of ether oxygens (including phenoxy) is 2. The fourth-order valence-electron chi connectivity index (χ4n) is 3.70. The van der Waals surface area contributed by atoms with Crippen LogP contribution in [0.2, 0.25) is 0 Å². The monoisotopic (exact) mass is 441 g/mol. The minimum Gasteiger partial charge on any atom is -0.497 e. The van der Waals surface area contributed by atoms with E-state index in [1.807, 2.05) is 48.5 Å². The number of benzene rings is 3. The zero-order valence-corrected chi connectivity index (χ0v) is 19.1. The summed E-state index contributed by atoms with van der Waals surface area (Å²) in [5.74, 6) is 0.964. The van der Waals surface area contributed by atoms with Gasteiger partial charge >= 0.3 is 0 Å². The summed E-state index contributed by atoms with van der Waals surface area (Å²) >= 11 is 0. The normalized spacial score (nSPS) is 10.8. The lowest BCUT2D eigenvalue weighted by Gasteiger charge is -2.12. The summed E-state index contributed by atoms with van der Waals surface area (Å²) in [5.41, 5.74) is 5.26. The second-order valence-corrected chi connectivity index (χ2v) is 7.95. The molecule has 1 N–H and O–H groups in total. The van der Waals surface area contributed by atoms with Gasteiger partial charge in [-0.25, -0.2) is 0 Å². The number of hydrogen-bond donors (Lipinski definition) is 1. The number of carbonyl (C=O) groups excluding carboxylic acids is 1. The van der Waals surface area contributed by atoms with Gasteiger partial charge in [-0.2, -0.15) is 0 Å². The van der Waals surface area contributed by atoms with Crippen molar-refractivity contribution in [2.45, 2.75) is 20.3 Å². The van der Waals surface area contributed by atoms with Crippen LogP contribution in [0.3, 0.4) is 0 Å². The molecule has 0 spiro atoms. The Balaban J connectivity index is 1.42. The Labute approximate surface area is 193 Å². The van der Waals surface area contributed by atoms with Crippen LogP contribution in [0.25, 0.3) is 22.0 Å². The molecule has 0 saturated carbocycles. The minimum atomic E-state index is -0.201. The standard InChI is InChI=1S/C27H27N3O3/c1-18-8-9-19(2)24(16-18)26-22-6-4-5-7-23(22)27(30-29-26)33-17-25(31)28-15-14-20-10-12-21(32-3)13-11-20/h4-13,16H,14-15,17H2,1-3H3,(H,28,31). The lowest BCUT2D eigenvalue weighted by molar-refractivity contribution is -0.123. The van der Waals surface area contributed by atoms with Crippen molar-refractivity contribution >= 4 is 16.7 Å². The van der Waals surface area contributed by atoms with Crippen molar-refractivity contribution in [3.63, 3.8) is 0 Å². The van der Waals surface area contributed by atoms with E-state index in [9.17, 15) is 4.79 Å². The molecule has 1 amide bonds. The average Bonchev–Trinajstić information content (AvgIpc) is 2.84. The maximum Gasteiger partial charge on any atom is 0.258 e. The number of nitrogens with one attached hydrogen (secondary N) is 1. The summed E-state index contributed by atoms with van der Waals surface area (Å²) in [5, 5.41) is 13.4. The third-order valence-electron chi connectivity index (χ3n) is 5.54. The Morgan fingerprint density at radius 2 is 1.70 bits per heavy atom. The molecule has 0 aliphatic rings. The molecule has 1 heterocycles. The number of rotatable bonds is 8. The Morgan fingerprint density at radius 1 is 0.939 bits per heavy atom. The molecule has 0 aliphatic heterocycles. The predicted octanol–water partition coefficient (Wildman–Crippen LogP) is 4.66. The highest BCUT2D eigenvalue weighted by atomic mass is 16.5. The van der Waals surface area contributed by atoms with Gasteiger partial charge in [0.05, 0.1) is 7.11 Å². The smallest absolute Gasteiger partial charge is 0.258 e. The number of methoxy groups -OCH3 is 1. The van der Waals surface area contributed by atoms with Crippen LogP contribution in [-0.4, -0.2) is 36.4 Å². The van der Waals surface area contributed by atoms with Crippen molar-refractivity contribution in [3.8, 4) is 22.9 Å². The Bertz CT molecular complexity index is 1270. The van der Waals surface area contributed by atoms with Gasteiger partial charge in [0, 0.05) is 22.9 Å². The fourth-order valence-corrected chi connectivity index (χ4v) is 3.70. The third-order valence-corrected chi connectivity index (χ3v) is 5.54. The zero-order valence-electron chi connectivity index (χ0n) is 19.1. The van der Waals surface area contributed by atoms with Gasteiger partial charge in [0.1, 0.15) is 11.4 Å². The summed E-state index contributed by atoms with van der Waals surface area (Å²) in [4.78, 5) is 12.3. The molecule has 0 bridgehead atoms. The van der Waals surface area contributed by atoms with Gasteiger partial charge in [-0.05, 0) is 55.7 Å². The van der Waals surface area contributed by atoms with Gasteiger partial charge in [-0.3, -0.25) is 4.79 Å². The fraction of sp³-hybridized carbons (Fsp3) is 0.222. The first-order chi connectivity index (χ1) is 16.0. The molecule has 33 heavy (non-hydrogen) atoms. The third kappa shape index (κ3) is 5.29. The van der Waals surface area contributed by atoms with Crippen molar-refractivity contribution < 1.29 is 14.3 Å². The van der Waals surface area contributed by atoms with Crippen molar-refractivity contribution in [1.29, 1.82) is 0 Å². The number of aryl methyl sites for hydroxylation is 2. The van der Waals surface area contributed by atoms with Crippen molar-refractivity contribution in [2.75, 3.05) is 20.3 Å². The first kappa shape index (κ1) is 22.3. The number of nitrogens with zero attached hydrogens (tertiary/aromatic N) is 2. The van der Waals surface area contributed by atoms with E-state index >= 15 is 0 Å². The van der Waals surface area contributed by atoms with Gasteiger partial charge in [-0.15, -0.1) is 10.2 Å². The topological polar surface area (TPSA) is 73.3 Å². The average molecular weight is 442 g/mol. The first-order valence-corrected chi connectivity index (χ1v) is 10.9. The van der Waals surface area contributed by atoms with Gasteiger partial charge in [0.25, 0.3) is 5.91 Å². The number of fused-ring (bicyclic) bond motifs is 1. The molecule has 0 atom stereocenters. The molecule has 3 aromatic carbocycles.